The predicted molar refractivity (Wildman–Crippen MR) is 81.2 cm³/mol. The molecule has 3 nitrogen and oxygen atoms in total. The van der Waals surface area contributed by atoms with Gasteiger partial charge in [-0.3, -0.25) is 0 Å². The van der Waals surface area contributed by atoms with E-state index in [4.69, 9.17) is 4.74 Å². The Morgan fingerprint density at radius 1 is 1.10 bits per heavy atom. The van der Waals surface area contributed by atoms with E-state index in [2.05, 4.69) is 31.1 Å². The van der Waals surface area contributed by atoms with Gasteiger partial charge in [-0.05, 0) is 55.9 Å². The van der Waals surface area contributed by atoms with Gasteiger partial charge in [-0.1, -0.05) is 24.3 Å². The zero-order valence-electron chi connectivity index (χ0n) is 12.2. The molecule has 0 aliphatic heterocycles. The molecular weight excluding hydrogens is 250 g/mol. The Kier molecular flexibility index (Phi) is 4.64. The van der Waals surface area contributed by atoms with Crippen molar-refractivity contribution < 1.29 is 9.84 Å². The SMILES string of the molecule is COc1ccc(CC(c2cccc(O)c2)N(C)C)cc1. The monoisotopic (exact) mass is 271 g/mol. The summed E-state index contributed by atoms with van der Waals surface area (Å²) in [5.41, 5.74) is 2.36. The summed E-state index contributed by atoms with van der Waals surface area (Å²) in [4.78, 5) is 2.17. The van der Waals surface area contributed by atoms with Crippen LogP contribution in [0.4, 0.5) is 0 Å². The first-order valence-electron chi connectivity index (χ1n) is 6.68. The normalized spacial score (nSPS) is 12.4. The van der Waals surface area contributed by atoms with Gasteiger partial charge < -0.3 is 14.7 Å². The summed E-state index contributed by atoms with van der Waals surface area (Å²) < 4.78 is 5.18. The molecule has 106 valence electrons. The maximum absolute atomic E-state index is 9.64. The van der Waals surface area contributed by atoms with Crippen molar-refractivity contribution in [2.45, 2.75) is 12.5 Å². The first-order chi connectivity index (χ1) is 9.60. The third kappa shape index (κ3) is 3.52. The minimum Gasteiger partial charge on any atom is -0.508 e. The van der Waals surface area contributed by atoms with E-state index in [1.807, 2.05) is 30.3 Å². The van der Waals surface area contributed by atoms with E-state index >= 15 is 0 Å². The second-order valence-corrected chi connectivity index (χ2v) is 5.13. The summed E-state index contributed by atoms with van der Waals surface area (Å²) in [7, 11) is 5.78. The number of hydrogen-bond donors (Lipinski definition) is 1. The van der Waals surface area contributed by atoms with E-state index < -0.39 is 0 Å². The summed E-state index contributed by atoms with van der Waals surface area (Å²) in [6.07, 6.45) is 0.889. The number of methoxy groups -OCH3 is 1. The summed E-state index contributed by atoms with van der Waals surface area (Å²) in [5, 5.41) is 9.64. The number of hydrogen-bond acceptors (Lipinski definition) is 3. The van der Waals surface area contributed by atoms with Gasteiger partial charge in [-0.25, -0.2) is 0 Å². The highest BCUT2D eigenvalue weighted by Gasteiger charge is 2.15. The molecule has 0 amide bonds. The van der Waals surface area contributed by atoms with Gasteiger partial charge in [0.15, 0.2) is 0 Å². The van der Waals surface area contributed by atoms with E-state index in [1.54, 1.807) is 13.2 Å². The molecule has 0 saturated heterocycles. The average molecular weight is 271 g/mol. The van der Waals surface area contributed by atoms with Crippen LogP contribution >= 0.6 is 0 Å². The lowest BCUT2D eigenvalue weighted by atomic mass is 9.98. The lowest BCUT2D eigenvalue weighted by Gasteiger charge is -2.25. The number of likely N-dealkylation sites (N-methyl/N-ethyl adjacent to an activating group) is 1. The number of aromatic hydroxyl groups is 1. The number of benzene rings is 2. The zero-order valence-corrected chi connectivity index (χ0v) is 12.2. The van der Waals surface area contributed by atoms with Gasteiger partial charge in [-0.15, -0.1) is 0 Å². The van der Waals surface area contributed by atoms with E-state index in [9.17, 15) is 5.11 Å². The van der Waals surface area contributed by atoms with Gasteiger partial charge in [0.1, 0.15) is 11.5 Å². The van der Waals surface area contributed by atoms with Gasteiger partial charge in [0.05, 0.1) is 7.11 Å². The quantitative estimate of drug-likeness (QED) is 0.906. The molecule has 0 aromatic heterocycles. The Morgan fingerprint density at radius 2 is 1.80 bits per heavy atom. The molecule has 0 aliphatic rings. The van der Waals surface area contributed by atoms with E-state index in [0.29, 0.717) is 5.75 Å². The minimum atomic E-state index is 0.232. The third-order valence-electron chi connectivity index (χ3n) is 3.47. The Morgan fingerprint density at radius 3 is 2.35 bits per heavy atom. The van der Waals surface area contributed by atoms with Crippen molar-refractivity contribution in [3.8, 4) is 11.5 Å². The van der Waals surface area contributed by atoms with E-state index in [-0.39, 0.29) is 6.04 Å². The molecule has 0 heterocycles. The molecule has 20 heavy (non-hydrogen) atoms. The van der Waals surface area contributed by atoms with Gasteiger partial charge >= 0.3 is 0 Å². The van der Waals surface area contributed by atoms with Crippen molar-refractivity contribution in [2.24, 2.45) is 0 Å². The number of phenols is 1. The van der Waals surface area contributed by atoms with Crippen LogP contribution in [0.1, 0.15) is 17.2 Å². The lowest BCUT2D eigenvalue weighted by Crippen LogP contribution is -2.22. The van der Waals surface area contributed by atoms with Crippen LogP contribution in [0.5, 0.6) is 11.5 Å². The smallest absolute Gasteiger partial charge is 0.118 e. The molecule has 1 N–H and O–H groups in total. The molecule has 2 aromatic rings. The average Bonchev–Trinajstić information content (AvgIpc) is 2.45. The highest BCUT2D eigenvalue weighted by molar-refractivity contribution is 5.32. The second-order valence-electron chi connectivity index (χ2n) is 5.13. The van der Waals surface area contributed by atoms with Crippen LogP contribution in [-0.4, -0.2) is 31.2 Å². The Hall–Kier alpha value is -2.00. The molecule has 0 saturated carbocycles. The maximum atomic E-state index is 9.64. The molecule has 0 bridgehead atoms. The minimum absolute atomic E-state index is 0.232. The predicted octanol–water partition coefficient (Wildman–Crippen LogP) is 3.25. The summed E-state index contributed by atoms with van der Waals surface area (Å²) in [6, 6.07) is 15.8. The fourth-order valence-corrected chi connectivity index (χ4v) is 2.32. The van der Waals surface area contributed by atoms with Gasteiger partial charge in [0, 0.05) is 6.04 Å². The molecule has 2 aromatic carbocycles. The lowest BCUT2D eigenvalue weighted by molar-refractivity contribution is 0.296. The summed E-state index contributed by atoms with van der Waals surface area (Å²) >= 11 is 0. The van der Waals surface area contributed by atoms with Crippen LogP contribution in [0.25, 0.3) is 0 Å². The molecule has 0 aliphatic carbocycles. The van der Waals surface area contributed by atoms with Crippen molar-refractivity contribution in [1.82, 2.24) is 4.90 Å². The molecule has 2 rings (SSSR count). The summed E-state index contributed by atoms with van der Waals surface area (Å²) in [5.74, 6) is 1.18. The Bertz CT molecular complexity index is 549. The Balaban J connectivity index is 2.21. The van der Waals surface area contributed by atoms with Crippen LogP contribution in [0.2, 0.25) is 0 Å². The zero-order chi connectivity index (χ0) is 14.5. The number of ether oxygens (including phenoxy) is 1. The van der Waals surface area contributed by atoms with Gasteiger partial charge in [-0.2, -0.15) is 0 Å². The summed E-state index contributed by atoms with van der Waals surface area (Å²) in [6.45, 7) is 0. The largest absolute Gasteiger partial charge is 0.508 e. The van der Waals surface area contributed by atoms with Crippen LogP contribution in [0.15, 0.2) is 48.5 Å². The highest BCUT2D eigenvalue weighted by Crippen LogP contribution is 2.26. The van der Waals surface area contributed by atoms with Gasteiger partial charge in [0.25, 0.3) is 0 Å². The van der Waals surface area contributed by atoms with Crippen molar-refractivity contribution in [3.05, 3.63) is 59.7 Å². The molecule has 0 spiro atoms. The van der Waals surface area contributed by atoms with Crippen molar-refractivity contribution in [2.75, 3.05) is 21.2 Å². The standard InChI is InChI=1S/C17H21NO2/c1-18(2)17(14-5-4-6-15(19)12-14)11-13-7-9-16(20-3)10-8-13/h4-10,12,17,19H,11H2,1-3H3. The Labute approximate surface area is 120 Å². The van der Waals surface area contributed by atoms with Crippen LogP contribution in [0.3, 0.4) is 0 Å². The topological polar surface area (TPSA) is 32.7 Å². The number of rotatable bonds is 5. The molecule has 1 unspecified atom stereocenters. The van der Waals surface area contributed by atoms with Crippen LogP contribution in [-0.2, 0) is 6.42 Å². The van der Waals surface area contributed by atoms with Gasteiger partial charge in [0.2, 0.25) is 0 Å². The van der Waals surface area contributed by atoms with Crippen LogP contribution in [0, 0.1) is 0 Å². The third-order valence-corrected chi connectivity index (χ3v) is 3.47. The van der Waals surface area contributed by atoms with Crippen LogP contribution < -0.4 is 4.74 Å². The van der Waals surface area contributed by atoms with Crippen molar-refractivity contribution in [3.63, 3.8) is 0 Å². The second kappa shape index (κ2) is 6.44. The fourth-order valence-electron chi connectivity index (χ4n) is 2.32. The van der Waals surface area contributed by atoms with Crippen molar-refractivity contribution >= 4 is 0 Å². The fraction of sp³-hybridized carbons (Fsp3) is 0.294. The molecule has 0 radical (unpaired) electrons. The maximum Gasteiger partial charge on any atom is 0.118 e. The molecule has 1 atom stereocenters. The van der Waals surface area contributed by atoms with Crippen molar-refractivity contribution in [1.29, 1.82) is 0 Å². The first-order valence-corrected chi connectivity index (χ1v) is 6.68. The highest BCUT2D eigenvalue weighted by atomic mass is 16.5. The molecular formula is C17H21NO2. The number of nitrogens with zero attached hydrogens (tertiary/aromatic N) is 1. The molecule has 0 fully saturated rings. The van der Waals surface area contributed by atoms with E-state index in [0.717, 1.165) is 17.7 Å². The number of phenolic OH excluding ortho intramolecular Hbond substituents is 1. The first kappa shape index (κ1) is 14.4. The molecule has 3 heteroatoms. The van der Waals surface area contributed by atoms with E-state index in [1.165, 1.54) is 5.56 Å².